The first-order chi connectivity index (χ1) is 17.0. The van der Waals surface area contributed by atoms with Gasteiger partial charge < -0.3 is 24.7 Å². The first kappa shape index (κ1) is 22.6. The third-order valence-electron chi connectivity index (χ3n) is 7.38. The number of ether oxygens (including phenoxy) is 2. The molecule has 1 amide bonds. The SMILES string of the molecule is C[C@@H](Oc1nc(-c2ccc(N3CCN(C4COC4)CC3)c(Cl)c2)cc2[nH]cnc12)[C@H]1CNC(=O)C1. The molecule has 0 saturated carbocycles. The summed E-state index contributed by atoms with van der Waals surface area (Å²) in [5.74, 6) is 0.625. The van der Waals surface area contributed by atoms with Crippen molar-refractivity contribution >= 4 is 34.2 Å². The lowest BCUT2D eigenvalue weighted by atomic mass is 10.0. The van der Waals surface area contributed by atoms with Gasteiger partial charge in [-0.1, -0.05) is 17.7 Å². The highest BCUT2D eigenvalue weighted by Gasteiger charge is 2.30. The number of aromatic amines is 1. The summed E-state index contributed by atoms with van der Waals surface area (Å²) < 4.78 is 11.6. The maximum Gasteiger partial charge on any atom is 0.243 e. The molecule has 6 rings (SSSR count). The van der Waals surface area contributed by atoms with Crippen LogP contribution in [0.4, 0.5) is 5.69 Å². The van der Waals surface area contributed by atoms with Gasteiger partial charge in [0.1, 0.15) is 6.10 Å². The Kier molecular flexibility index (Phi) is 5.99. The molecule has 3 fully saturated rings. The van der Waals surface area contributed by atoms with E-state index in [0.717, 1.165) is 61.9 Å². The molecule has 184 valence electrons. The van der Waals surface area contributed by atoms with Gasteiger partial charge in [-0.2, -0.15) is 0 Å². The van der Waals surface area contributed by atoms with Gasteiger partial charge in [-0.3, -0.25) is 9.69 Å². The van der Waals surface area contributed by atoms with Crippen LogP contribution in [0.5, 0.6) is 5.88 Å². The van der Waals surface area contributed by atoms with Gasteiger partial charge in [-0.25, -0.2) is 9.97 Å². The molecule has 9 nitrogen and oxygen atoms in total. The summed E-state index contributed by atoms with van der Waals surface area (Å²) in [6.45, 7) is 8.22. The van der Waals surface area contributed by atoms with Crippen LogP contribution in [0.25, 0.3) is 22.3 Å². The highest BCUT2D eigenvalue weighted by molar-refractivity contribution is 6.33. The number of halogens is 1. The van der Waals surface area contributed by atoms with Crippen molar-refractivity contribution in [2.24, 2.45) is 5.92 Å². The van der Waals surface area contributed by atoms with Crippen molar-refractivity contribution < 1.29 is 14.3 Å². The molecular weight excluding hydrogens is 468 g/mol. The number of rotatable bonds is 6. The largest absolute Gasteiger partial charge is 0.473 e. The molecule has 1 aromatic carbocycles. The van der Waals surface area contributed by atoms with Crippen molar-refractivity contribution in [3.8, 4) is 17.1 Å². The van der Waals surface area contributed by atoms with E-state index in [2.05, 4.69) is 37.2 Å². The molecular formula is C25H29ClN6O3. The van der Waals surface area contributed by atoms with Gasteiger partial charge in [0, 0.05) is 50.6 Å². The molecule has 0 unspecified atom stereocenters. The van der Waals surface area contributed by atoms with E-state index < -0.39 is 0 Å². The molecule has 35 heavy (non-hydrogen) atoms. The first-order valence-corrected chi connectivity index (χ1v) is 12.6. The average Bonchev–Trinajstić information content (AvgIpc) is 3.47. The van der Waals surface area contributed by atoms with Crippen LogP contribution in [0.3, 0.4) is 0 Å². The van der Waals surface area contributed by atoms with Crippen LogP contribution in [-0.4, -0.2) is 83.8 Å². The summed E-state index contributed by atoms with van der Waals surface area (Å²) in [7, 11) is 0. The third-order valence-corrected chi connectivity index (χ3v) is 7.68. The Hall–Kier alpha value is -2.88. The fraction of sp³-hybridized carbons (Fsp3) is 0.480. The molecule has 3 aromatic rings. The molecule has 0 bridgehead atoms. The van der Waals surface area contributed by atoms with E-state index in [1.54, 1.807) is 6.33 Å². The fourth-order valence-electron chi connectivity index (χ4n) is 5.06. The zero-order chi connectivity index (χ0) is 23.9. The number of hydrogen-bond donors (Lipinski definition) is 2. The summed E-state index contributed by atoms with van der Waals surface area (Å²) in [5.41, 5.74) is 4.24. The fourth-order valence-corrected chi connectivity index (χ4v) is 5.36. The minimum absolute atomic E-state index is 0.0604. The smallest absolute Gasteiger partial charge is 0.243 e. The number of nitrogens with one attached hydrogen (secondary N) is 2. The minimum atomic E-state index is -0.173. The lowest BCUT2D eigenvalue weighted by Crippen LogP contribution is -2.56. The third kappa shape index (κ3) is 4.44. The van der Waals surface area contributed by atoms with Crippen molar-refractivity contribution in [3.05, 3.63) is 35.6 Å². The summed E-state index contributed by atoms with van der Waals surface area (Å²) >= 11 is 6.78. The number of carbonyl (C=O) groups is 1. The molecule has 2 aromatic heterocycles. The number of hydrogen-bond acceptors (Lipinski definition) is 7. The normalized spacial score (nSPS) is 22.3. The highest BCUT2D eigenvalue weighted by atomic mass is 35.5. The molecule has 0 spiro atoms. The maximum atomic E-state index is 11.6. The minimum Gasteiger partial charge on any atom is -0.473 e. The van der Waals surface area contributed by atoms with Crippen molar-refractivity contribution in [3.63, 3.8) is 0 Å². The van der Waals surface area contributed by atoms with Crippen LogP contribution in [0.2, 0.25) is 5.02 Å². The number of benzene rings is 1. The first-order valence-electron chi connectivity index (χ1n) is 12.2. The average molecular weight is 497 g/mol. The molecule has 2 atom stereocenters. The van der Waals surface area contributed by atoms with Crippen LogP contribution in [-0.2, 0) is 9.53 Å². The lowest BCUT2D eigenvalue weighted by Gasteiger charge is -2.43. The number of carbonyl (C=O) groups excluding carboxylic acids is 1. The summed E-state index contributed by atoms with van der Waals surface area (Å²) in [5, 5.41) is 3.58. The molecule has 2 N–H and O–H groups in total. The van der Waals surface area contributed by atoms with Gasteiger partial charge in [0.2, 0.25) is 11.8 Å². The van der Waals surface area contributed by atoms with Gasteiger partial charge in [0.15, 0.2) is 5.52 Å². The van der Waals surface area contributed by atoms with E-state index in [-0.39, 0.29) is 17.9 Å². The van der Waals surface area contributed by atoms with Crippen LogP contribution in [0, 0.1) is 5.92 Å². The van der Waals surface area contributed by atoms with Gasteiger partial charge in [-0.15, -0.1) is 0 Å². The van der Waals surface area contributed by atoms with E-state index >= 15 is 0 Å². The molecule has 0 aliphatic carbocycles. The van der Waals surface area contributed by atoms with E-state index in [0.29, 0.717) is 35.4 Å². The van der Waals surface area contributed by atoms with Crippen LogP contribution in [0.1, 0.15) is 13.3 Å². The standard InChI is InChI=1S/C25H29ClN6O3/c1-15(17-9-23(33)27-11-17)35-25-24-21(28-14-29-24)10-20(30-25)16-2-3-22(19(26)8-16)32-6-4-31(5-7-32)18-12-34-13-18/h2-3,8,10,14-15,17-18H,4-7,9,11-13H2,1H3,(H,27,33)(H,28,29)/t15-,17-/m1/s1. The van der Waals surface area contributed by atoms with Gasteiger partial charge in [0.05, 0.1) is 47.5 Å². The van der Waals surface area contributed by atoms with E-state index in [1.165, 1.54) is 0 Å². The van der Waals surface area contributed by atoms with Gasteiger partial charge >= 0.3 is 0 Å². The number of pyridine rings is 1. The maximum absolute atomic E-state index is 11.6. The predicted molar refractivity (Wildman–Crippen MR) is 134 cm³/mol. The lowest BCUT2D eigenvalue weighted by molar-refractivity contribution is -0.119. The predicted octanol–water partition coefficient (Wildman–Crippen LogP) is 2.70. The van der Waals surface area contributed by atoms with Crippen LogP contribution in [0.15, 0.2) is 30.6 Å². The van der Waals surface area contributed by atoms with Crippen LogP contribution >= 0.6 is 11.6 Å². The Bertz CT molecular complexity index is 1240. The Morgan fingerprint density at radius 2 is 2.03 bits per heavy atom. The second kappa shape index (κ2) is 9.29. The number of nitrogens with zero attached hydrogens (tertiary/aromatic N) is 4. The molecule has 10 heteroatoms. The number of anilines is 1. The van der Waals surface area contributed by atoms with Crippen molar-refractivity contribution in [1.82, 2.24) is 25.2 Å². The summed E-state index contributed by atoms with van der Waals surface area (Å²) in [4.78, 5) is 28.9. The topological polar surface area (TPSA) is 95.6 Å². The molecule has 0 radical (unpaired) electrons. The number of H-pyrrole nitrogens is 1. The van der Waals surface area contributed by atoms with E-state index in [1.807, 2.05) is 19.1 Å². The van der Waals surface area contributed by atoms with Crippen molar-refractivity contribution in [2.45, 2.75) is 25.5 Å². The van der Waals surface area contributed by atoms with Crippen molar-refractivity contribution in [2.75, 3.05) is 50.8 Å². The number of amides is 1. The Labute approximate surface area is 208 Å². The number of aromatic nitrogens is 3. The van der Waals surface area contributed by atoms with E-state index in [4.69, 9.17) is 26.1 Å². The van der Waals surface area contributed by atoms with Gasteiger partial charge in [0.25, 0.3) is 0 Å². The Balaban J connectivity index is 1.22. The Morgan fingerprint density at radius 1 is 1.20 bits per heavy atom. The van der Waals surface area contributed by atoms with Crippen molar-refractivity contribution in [1.29, 1.82) is 0 Å². The highest BCUT2D eigenvalue weighted by Crippen LogP contribution is 2.34. The van der Waals surface area contributed by atoms with Crippen LogP contribution < -0.4 is 15.0 Å². The van der Waals surface area contributed by atoms with Gasteiger partial charge in [-0.05, 0) is 25.1 Å². The molecule has 3 aliphatic heterocycles. The number of fused-ring (bicyclic) bond motifs is 1. The molecule has 3 aliphatic rings. The molecule has 5 heterocycles. The van der Waals surface area contributed by atoms with E-state index in [9.17, 15) is 4.79 Å². The Morgan fingerprint density at radius 3 is 2.71 bits per heavy atom. The number of imidazole rings is 1. The monoisotopic (exact) mass is 496 g/mol. The summed E-state index contributed by atoms with van der Waals surface area (Å²) in [6, 6.07) is 8.65. The molecule has 3 saturated heterocycles. The second-order valence-electron chi connectivity index (χ2n) is 9.58. The summed E-state index contributed by atoms with van der Waals surface area (Å²) in [6.07, 6.45) is 1.93. The zero-order valence-corrected chi connectivity index (χ0v) is 20.4. The number of piperazine rings is 1. The second-order valence-corrected chi connectivity index (χ2v) is 9.99. The quantitative estimate of drug-likeness (QED) is 0.541. The zero-order valence-electron chi connectivity index (χ0n) is 19.7.